The number of aromatic carboxylic acids is 1. The van der Waals surface area contributed by atoms with Gasteiger partial charge in [0.15, 0.2) is 0 Å². The second-order valence-corrected chi connectivity index (χ2v) is 4.43. The van der Waals surface area contributed by atoms with Crippen molar-refractivity contribution in [2.24, 2.45) is 0 Å². The lowest BCUT2D eigenvalue weighted by Gasteiger charge is -2.10. The number of hydrogen-bond donors (Lipinski definition) is 1. The van der Waals surface area contributed by atoms with Crippen LogP contribution in [0, 0.1) is 12.7 Å². The molecule has 1 N–H and O–H groups in total. The summed E-state index contributed by atoms with van der Waals surface area (Å²) in [5, 5.41) is 8.96. The van der Waals surface area contributed by atoms with Gasteiger partial charge in [0, 0.05) is 0 Å². The van der Waals surface area contributed by atoms with E-state index in [-0.39, 0.29) is 19.0 Å². The number of carboxylic acids is 1. The predicted molar refractivity (Wildman–Crippen MR) is 75.5 cm³/mol. The Labute approximate surface area is 121 Å². The summed E-state index contributed by atoms with van der Waals surface area (Å²) in [6.07, 6.45) is 0. The molecule has 2 aromatic rings. The van der Waals surface area contributed by atoms with Gasteiger partial charge in [-0.2, -0.15) is 0 Å². The van der Waals surface area contributed by atoms with Crippen LogP contribution in [0.2, 0.25) is 0 Å². The van der Waals surface area contributed by atoms with Gasteiger partial charge in [0.25, 0.3) is 0 Å². The van der Waals surface area contributed by atoms with Crippen molar-refractivity contribution in [2.45, 2.75) is 6.92 Å². The lowest BCUT2D eigenvalue weighted by atomic mass is 10.2. The van der Waals surface area contributed by atoms with Crippen molar-refractivity contribution in [2.75, 3.05) is 13.2 Å². The fraction of sp³-hybridized carbons (Fsp3) is 0.188. The van der Waals surface area contributed by atoms with Crippen molar-refractivity contribution in [1.82, 2.24) is 0 Å². The van der Waals surface area contributed by atoms with E-state index in [4.69, 9.17) is 14.6 Å². The molecule has 0 aliphatic carbocycles. The van der Waals surface area contributed by atoms with E-state index < -0.39 is 17.3 Å². The highest BCUT2D eigenvalue weighted by molar-refractivity contribution is 5.91. The normalized spacial score (nSPS) is 10.2. The highest BCUT2D eigenvalue weighted by Gasteiger charge is 2.16. The summed E-state index contributed by atoms with van der Waals surface area (Å²) in [6.45, 7) is 2.33. The molecule has 0 aromatic heterocycles. The fourth-order valence-electron chi connectivity index (χ4n) is 1.78. The second kappa shape index (κ2) is 6.74. The molecule has 0 heterocycles. The molecule has 0 bridgehead atoms. The molecule has 0 unspecified atom stereocenters. The molecule has 0 saturated heterocycles. The van der Waals surface area contributed by atoms with Gasteiger partial charge in [0.1, 0.15) is 36.1 Å². The zero-order valence-corrected chi connectivity index (χ0v) is 11.5. The Bertz CT molecular complexity index is 623. The summed E-state index contributed by atoms with van der Waals surface area (Å²) >= 11 is 0. The number of carbonyl (C=O) groups is 1. The topological polar surface area (TPSA) is 55.8 Å². The van der Waals surface area contributed by atoms with E-state index in [2.05, 4.69) is 0 Å². The van der Waals surface area contributed by atoms with Crippen molar-refractivity contribution in [3.05, 3.63) is 59.4 Å². The third kappa shape index (κ3) is 3.95. The second-order valence-electron chi connectivity index (χ2n) is 4.43. The van der Waals surface area contributed by atoms with Gasteiger partial charge in [-0.1, -0.05) is 23.8 Å². The molecule has 0 atom stereocenters. The minimum atomic E-state index is -1.36. The zero-order chi connectivity index (χ0) is 15.2. The van der Waals surface area contributed by atoms with Crippen LogP contribution in [0.15, 0.2) is 42.5 Å². The Morgan fingerprint density at radius 3 is 2.43 bits per heavy atom. The summed E-state index contributed by atoms with van der Waals surface area (Å²) in [6, 6.07) is 11.4. The SMILES string of the molecule is Cc1ccc(OCCOc2cccc(F)c2C(=O)O)cc1. The minimum absolute atomic E-state index is 0.00462. The van der Waals surface area contributed by atoms with Crippen LogP contribution in [0.5, 0.6) is 11.5 Å². The van der Waals surface area contributed by atoms with Gasteiger partial charge in [0.05, 0.1) is 0 Å². The standard InChI is InChI=1S/C16H15FO4/c1-11-5-7-12(8-6-11)20-9-10-21-14-4-2-3-13(17)15(14)16(18)19/h2-8H,9-10H2,1H3,(H,18,19). The highest BCUT2D eigenvalue weighted by Crippen LogP contribution is 2.21. The monoisotopic (exact) mass is 290 g/mol. The summed E-state index contributed by atoms with van der Waals surface area (Å²) in [4.78, 5) is 11.0. The maximum atomic E-state index is 13.4. The molecule has 0 aliphatic heterocycles. The van der Waals surface area contributed by atoms with Gasteiger partial charge in [-0.25, -0.2) is 9.18 Å². The third-order valence-corrected chi connectivity index (χ3v) is 2.82. The number of benzene rings is 2. The maximum Gasteiger partial charge on any atom is 0.342 e. The van der Waals surface area contributed by atoms with Crippen molar-refractivity contribution >= 4 is 5.97 Å². The van der Waals surface area contributed by atoms with Crippen LogP contribution in [0.4, 0.5) is 4.39 Å². The number of halogens is 1. The fourth-order valence-corrected chi connectivity index (χ4v) is 1.78. The van der Waals surface area contributed by atoms with Crippen molar-refractivity contribution in [3.8, 4) is 11.5 Å². The van der Waals surface area contributed by atoms with Gasteiger partial charge in [-0.05, 0) is 31.2 Å². The van der Waals surface area contributed by atoms with Crippen LogP contribution in [-0.4, -0.2) is 24.3 Å². The molecular weight excluding hydrogens is 275 g/mol. The van der Waals surface area contributed by atoms with E-state index >= 15 is 0 Å². The van der Waals surface area contributed by atoms with Gasteiger partial charge < -0.3 is 14.6 Å². The first-order valence-electron chi connectivity index (χ1n) is 6.42. The van der Waals surface area contributed by atoms with Crippen molar-refractivity contribution in [1.29, 1.82) is 0 Å². The van der Waals surface area contributed by atoms with Gasteiger partial charge in [-0.15, -0.1) is 0 Å². The van der Waals surface area contributed by atoms with Gasteiger partial charge in [0.2, 0.25) is 0 Å². The predicted octanol–water partition coefficient (Wildman–Crippen LogP) is 3.29. The average molecular weight is 290 g/mol. The summed E-state index contributed by atoms with van der Waals surface area (Å²) in [5.74, 6) is -1.49. The van der Waals surface area contributed by atoms with E-state index in [1.165, 1.54) is 12.1 Å². The van der Waals surface area contributed by atoms with E-state index in [0.717, 1.165) is 11.6 Å². The molecule has 0 amide bonds. The third-order valence-electron chi connectivity index (χ3n) is 2.82. The summed E-state index contributed by atoms with van der Waals surface area (Å²) in [5.41, 5.74) is 0.664. The first-order chi connectivity index (χ1) is 10.1. The molecule has 2 rings (SSSR count). The van der Waals surface area contributed by atoms with Crippen LogP contribution < -0.4 is 9.47 Å². The molecule has 0 fully saturated rings. The van der Waals surface area contributed by atoms with Crippen LogP contribution >= 0.6 is 0 Å². The van der Waals surface area contributed by atoms with Gasteiger partial charge in [-0.3, -0.25) is 0 Å². The maximum absolute atomic E-state index is 13.4. The van der Waals surface area contributed by atoms with E-state index in [1.54, 1.807) is 0 Å². The molecular formula is C16H15FO4. The number of aryl methyl sites for hydroxylation is 1. The average Bonchev–Trinajstić information content (AvgIpc) is 2.45. The Balaban J connectivity index is 1.90. The smallest absolute Gasteiger partial charge is 0.342 e. The summed E-state index contributed by atoms with van der Waals surface area (Å²) in [7, 11) is 0. The quantitative estimate of drug-likeness (QED) is 0.829. The molecule has 110 valence electrons. The summed E-state index contributed by atoms with van der Waals surface area (Å²) < 4.78 is 24.1. The Morgan fingerprint density at radius 2 is 1.76 bits per heavy atom. The largest absolute Gasteiger partial charge is 0.490 e. The Morgan fingerprint density at radius 1 is 1.10 bits per heavy atom. The first kappa shape index (κ1) is 14.8. The number of hydrogen-bond acceptors (Lipinski definition) is 3. The Hall–Kier alpha value is -2.56. The number of carboxylic acid groups (broad SMARTS) is 1. The molecule has 0 saturated carbocycles. The highest BCUT2D eigenvalue weighted by atomic mass is 19.1. The lowest BCUT2D eigenvalue weighted by Crippen LogP contribution is -2.12. The van der Waals surface area contributed by atoms with E-state index in [0.29, 0.717) is 5.75 Å². The molecule has 4 nitrogen and oxygen atoms in total. The van der Waals surface area contributed by atoms with Gasteiger partial charge >= 0.3 is 5.97 Å². The van der Waals surface area contributed by atoms with Crippen LogP contribution in [-0.2, 0) is 0 Å². The molecule has 2 aromatic carbocycles. The molecule has 5 heteroatoms. The number of ether oxygens (including phenoxy) is 2. The number of rotatable bonds is 6. The Kier molecular flexibility index (Phi) is 4.77. The molecule has 21 heavy (non-hydrogen) atoms. The van der Waals surface area contributed by atoms with E-state index in [1.807, 2.05) is 31.2 Å². The van der Waals surface area contributed by atoms with Crippen LogP contribution in [0.1, 0.15) is 15.9 Å². The molecule has 0 spiro atoms. The zero-order valence-electron chi connectivity index (χ0n) is 11.5. The lowest BCUT2D eigenvalue weighted by molar-refractivity contribution is 0.0685. The molecule has 0 aliphatic rings. The molecule has 0 radical (unpaired) electrons. The van der Waals surface area contributed by atoms with Crippen molar-refractivity contribution in [3.63, 3.8) is 0 Å². The van der Waals surface area contributed by atoms with Crippen LogP contribution in [0.25, 0.3) is 0 Å². The van der Waals surface area contributed by atoms with E-state index in [9.17, 15) is 9.18 Å². The minimum Gasteiger partial charge on any atom is -0.490 e. The van der Waals surface area contributed by atoms with Crippen LogP contribution in [0.3, 0.4) is 0 Å². The first-order valence-corrected chi connectivity index (χ1v) is 6.42. The van der Waals surface area contributed by atoms with Crippen molar-refractivity contribution < 1.29 is 23.8 Å².